The minimum Gasteiger partial charge on any atom is -0.493 e. The highest BCUT2D eigenvalue weighted by atomic mass is 16.7. The van der Waals surface area contributed by atoms with Gasteiger partial charge in [0.2, 0.25) is 0 Å². The van der Waals surface area contributed by atoms with Crippen molar-refractivity contribution in [2.75, 3.05) is 34.0 Å². The summed E-state index contributed by atoms with van der Waals surface area (Å²) in [5, 5.41) is 0. The third-order valence-corrected chi connectivity index (χ3v) is 3.10. The van der Waals surface area contributed by atoms with Crippen molar-refractivity contribution >= 4 is 5.97 Å². The molecule has 6 nitrogen and oxygen atoms in total. The Labute approximate surface area is 123 Å². The maximum Gasteiger partial charge on any atom is 0.310 e. The summed E-state index contributed by atoms with van der Waals surface area (Å²) < 4.78 is 26.0. The van der Waals surface area contributed by atoms with E-state index in [1.165, 1.54) is 0 Å². The Bertz CT molecular complexity index is 467. The molecule has 1 aliphatic rings. The first kappa shape index (κ1) is 15.6. The van der Waals surface area contributed by atoms with Crippen LogP contribution in [0.3, 0.4) is 0 Å². The zero-order valence-corrected chi connectivity index (χ0v) is 12.3. The Morgan fingerprint density at radius 3 is 2.57 bits per heavy atom. The molecule has 0 radical (unpaired) electrons. The van der Waals surface area contributed by atoms with E-state index in [0.29, 0.717) is 31.1 Å². The molecule has 0 aliphatic carbocycles. The fourth-order valence-corrected chi connectivity index (χ4v) is 2.05. The zero-order valence-electron chi connectivity index (χ0n) is 12.3. The SMILES string of the molecule is COc1ccc(CC(=O)OCCC2OCCO2)cc1OC. The van der Waals surface area contributed by atoms with Gasteiger partial charge in [0.25, 0.3) is 0 Å². The van der Waals surface area contributed by atoms with Gasteiger partial charge in [-0.3, -0.25) is 4.79 Å². The first-order valence-corrected chi connectivity index (χ1v) is 6.82. The molecule has 1 aliphatic heterocycles. The molecular weight excluding hydrogens is 276 g/mol. The molecule has 116 valence electrons. The molecule has 0 N–H and O–H groups in total. The largest absolute Gasteiger partial charge is 0.493 e. The maximum absolute atomic E-state index is 11.8. The minimum absolute atomic E-state index is 0.187. The normalized spacial score (nSPS) is 15.0. The number of benzene rings is 1. The monoisotopic (exact) mass is 296 g/mol. The van der Waals surface area contributed by atoms with E-state index in [-0.39, 0.29) is 25.3 Å². The van der Waals surface area contributed by atoms with Gasteiger partial charge < -0.3 is 23.7 Å². The molecular formula is C15H20O6. The van der Waals surface area contributed by atoms with E-state index in [1.807, 2.05) is 6.07 Å². The van der Waals surface area contributed by atoms with Gasteiger partial charge in [-0.15, -0.1) is 0 Å². The number of ether oxygens (including phenoxy) is 5. The summed E-state index contributed by atoms with van der Waals surface area (Å²) in [6.07, 6.45) is 0.489. The molecule has 0 spiro atoms. The first-order chi connectivity index (χ1) is 10.2. The van der Waals surface area contributed by atoms with Crippen LogP contribution in [0, 0.1) is 0 Å². The fourth-order valence-electron chi connectivity index (χ4n) is 2.05. The predicted molar refractivity (Wildman–Crippen MR) is 74.5 cm³/mol. The van der Waals surface area contributed by atoms with Crippen molar-refractivity contribution in [3.63, 3.8) is 0 Å². The Hall–Kier alpha value is -1.79. The molecule has 21 heavy (non-hydrogen) atoms. The van der Waals surface area contributed by atoms with E-state index in [1.54, 1.807) is 26.4 Å². The van der Waals surface area contributed by atoms with Crippen molar-refractivity contribution in [2.24, 2.45) is 0 Å². The van der Waals surface area contributed by atoms with E-state index in [4.69, 9.17) is 23.7 Å². The number of esters is 1. The lowest BCUT2D eigenvalue weighted by molar-refractivity contribution is -0.145. The van der Waals surface area contributed by atoms with Crippen LogP contribution in [-0.4, -0.2) is 46.3 Å². The summed E-state index contributed by atoms with van der Waals surface area (Å²) in [5.74, 6) is 0.931. The van der Waals surface area contributed by atoms with Crippen molar-refractivity contribution in [3.8, 4) is 11.5 Å². The van der Waals surface area contributed by atoms with Crippen LogP contribution in [0.5, 0.6) is 11.5 Å². The quantitative estimate of drug-likeness (QED) is 0.711. The predicted octanol–water partition coefficient (Wildman–Crippen LogP) is 1.55. The molecule has 2 rings (SSSR count). The first-order valence-electron chi connectivity index (χ1n) is 6.82. The lowest BCUT2D eigenvalue weighted by atomic mass is 10.1. The zero-order chi connectivity index (χ0) is 15.1. The Kier molecular flexibility index (Phi) is 5.83. The topological polar surface area (TPSA) is 63.2 Å². The van der Waals surface area contributed by atoms with Crippen molar-refractivity contribution in [3.05, 3.63) is 23.8 Å². The van der Waals surface area contributed by atoms with E-state index in [0.717, 1.165) is 5.56 Å². The Balaban J connectivity index is 1.78. The molecule has 0 saturated carbocycles. The summed E-state index contributed by atoms with van der Waals surface area (Å²) >= 11 is 0. The molecule has 1 fully saturated rings. The second-order valence-corrected chi connectivity index (χ2v) is 4.55. The third kappa shape index (κ3) is 4.61. The van der Waals surface area contributed by atoms with E-state index >= 15 is 0 Å². The second-order valence-electron chi connectivity index (χ2n) is 4.55. The number of hydrogen-bond acceptors (Lipinski definition) is 6. The maximum atomic E-state index is 11.8. The number of carbonyl (C=O) groups is 1. The molecule has 0 aromatic heterocycles. The van der Waals surface area contributed by atoms with Crippen LogP contribution in [0.1, 0.15) is 12.0 Å². The smallest absolute Gasteiger partial charge is 0.310 e. The van der Waals surface area contributed by atoms with Crippen molar-refractivity contribution < 1.29 is 28.5 Å². The van der Waals surface area contributed by atoms with Crippen LogP contribution in [0.25, 0.3) is 0 Å². The van der Waals surface area contributed by atoms with Gasteiger partial charge in [0, 0.05) is 6.42 Å². The average Bonchev–Trinajstić information content (AvgIpc) is 3.00. The summed E-state index contributed by atoms with van der Waals surface area (Å²) in [6.45, 7) is 1.49. The third-order valence-electron chi connectivity index (χ3n) is 3.10. The van der Waals surface area contributed by atoms with Crippen LogP contribution in [0.15, 0.2) is 18.2 Å². The molecule has 6 heteroatoms. The fraction of sp³-hybridized carbons (Fsp3) is 0.533. The van der Waals surface area contributed by atoms with E-state index in [9.17, 15) is 4.79 Å². The van der Waals surface area contributed by atoms with Gasteiger partial charge in [0.05, 0.1) is 40.5 Å². The van der Waals surface area contributed by atoms with E-state index < -0.39 is 0 Å². The molecule has 1 saturated heterocycles. The molecule has 1 aromatic carbocycles. The number of methoxy groups -OCH3 is 2. The molecule has 0 bridgehead atoms. The van der Waals surface area contributed by atoms with Crippen LogP contribution in [0.2, 0.25) is 0 Å². The van der Waals surface area contributed by atoms with Crippen LogP contribution in [0.4, 0.5) is 0 Å². The van der Waals surface area contributed by atoms with Crippen LogP contribution in [-0.2, 0) is 25.4 Å². The highest BCUT2D eigenvalue weighted by Gasteiger charge is 2.16. The Morgan fingerprint density at radius 2 is 1.90 bits per heavy atom. The summed E-state index contributed by atoms with van der Waals surface area (Å²) in [4.78, 5) is 11.8. The number of hydrogen-bond donors (Lipinski definition) is 0. The van der Waals surface area contributed by atoms with Gasteiger partial charge in [-0.1, -0.05) is 6.07 Å². The van der Waals surface area contributed by atoms with Crippen molar-refractivity contribution in [1.82, 2.24) is 0 Å². The lowest BCUT2D eigenvalue weighted by Crippen LogP contribution is -2.15. The lowest BCUT2D eigenvalue weighted by Gasteiger charge is -2.11. The molecule has 0 atom stereocenters. The van der Waals surface area contributed by atoms with Gasteiger partial charge in [-0.05, 0) is 17.7 Å². The molecule has 0 amide bonds. The number of carbonyl (C=O) groups excluding carboxylic acids is 1. The van der Waals surface area contributed by atoms with Gasteiger partial charge in [0.15, 0.2) is 17.8 Å². The molecule has 1 aromatic rings. The molecule has 0 unspecified atom stereocenters. The summed E-state index contributed by atoms with van der Waals surface area (Å²) in [6, 6.07) is 5.34. The summed E-state index contributed by atoms with van der Waals surface area (Å²) in [7, 11) is 3.13. The van der Waals surface area contributed by atoms with Crippen LogP contribution >= 0.6 is 0 Å². The second kappa shape index (κ2) is 7.85. The minimum atomic E-state index is -0.291. The van der Waals surface area contributed by atoms with Crippen molar-refractivity contribution in [2.45, 2.75) is 19.1 Å². The van der Waals surface area contributed by atoms with Gasteiger partial charge >= 0.3 is 5.97 Å². The molecule has 1 heterocycles. The Morgan fingerprint density at radius 1 is 1.19 bits per heavy atom. The van der Waals surface area contributed by atoms with Gasteiger partial charge in [-0.2, -0.15) is 0 Å². The summed E-state index contributed by atoms with van der Waals surface area (Å²) in [5.41, 5.74) is 0.811. The van der Waals surface area contributed by atoms with Gasteiger partial charge in [-0.25, -0.2) is 0 Å². The highest BCUT2D eigenvalue weighted by molar-refractivity contribution is 5.73. The average molecular weight is 296 g/mol. The van der Waals surface area contributed by atoms with E-state index in [2.05, 4.69) is 0 Å². The highest BCUT2D eigenvalue weighted by Crippen LogP contribution is 2.27. The van der Waals surface area contributed by atoms with Gasteiger partial charge in [0.1, 0.15) is 0 Å². The van der Waals surface area contributed by atoms with Crippen molar-refractivity contribution in [1.29, 1.82) is 0 Å². The standard InChI is InChI=1S/C15H20O6/c1-17-12-4-3-11(9-13(12)18-2)10-14(16)19-6-5-15-20-7-8-21-15/h3-4,9,15H,5-8,10H2,1-2H3. The van der Waals surface area contributed by atoms with Crippen LogP contribution < -0.4 is 9.47 Å². The number of rotatable bonds is 7.